The van der Waals surface area contributed by atoms with Crippen molar-refractivity contribution < 1.29 is 22.6 Å². The number of hydrogen-bond donors (Lipinski definition) is 1. The van der Waals surface area contributed by atoms with Gasteiger partial charge in [0.25, 0.3) is 0 Å². The number of nitrogens with one attached hydrogen (secondary N) is 1. The third-order valence-electron chi connectivity index (χ3n) is 2.26. The minimum atomic E-state index is -4.34. The lowest BCUT2D eigenvalue weighted by molar-refractivity contribution is -0.153. The van der Waals surface area contributed by atoms with Crippen LogP contribution in [0, 0.1) is 0 Å². The summed E-state index contributed by atoms with van der Waals surface area (Å²) in [6.07, 6.45) is -4.38. The summed E-state index contributed by atoms with van der Waals surface area (Å²) in [5.41, 5.74) is 0.519. The minimum absolute atomic E-state index is 0.0410. The summed E-state index contributed by atoms with van der Waals surface area (Å²) >= 11 is 0. The summed E-state index contributed by atoms with van der Waals surface area (Å²) in [6, 6.07) is 6.50. The Labute approximate surface area is 104 Å². The van der Waals surface area contributed by atoms with E-state index < -0.39 is 12.8 Å². The van der Waals surface area contributed by atoms with Crippen LogP contribution in [0.1, 0.15) is 6.92 Å². The molecule has 102 valence electrons. The Balaban J connectivity index is 2.62. The molecule has 1 N–H and O–H groups in total. The van der Waals surface area contributed by atoms with Gasteiger partial charge in [0.15, 0.2) is 6.61 Å². The van der Waals surface area contributed by atoms with Gasteiger partial charge in [0.1, 0.15) is 5.75 Å². The molecular weight excluding hydrogens is 247 g/mol. The first-order valence-corrected chi connectivity index (χ1v) is 5.47. The molecule has 1 rings (SSSR count). The Hall–Kier alpha value is -1.43. The first-order chi connectivity index (χ1) is 8.42. The molecule has 0 aliphatic carbocycles. The maximum absolute atomic E-state index is 12.1. The standard InChI is InChI=1S/C12H16F3NO2/c1-9(17-2)7-16-10-5-3-4-6-11(10)18-8-12(13,14)15/h3-6,9,16H,7-8H2,1-2H3. The fraction of sp³-hybridized carbons (Fsp3) is 0.500. The lowest BCUT2D eigenvalue weighted by atomic mass is 10.3. The molecule has 0 amide bonds. The number of ether oxygens (including phenoxy) is 2. The highest BCUT2D eigenvalue weighted by Gasteiger charge is 2.28. The van der Waals surface area contributed by atoms with E-state index in [0.717, 1.165) is 0 Å². The van der Waals surface area contributed by atoms with Gasteiger partial charge in [-0.25, -0.2) is 0 Å². The number of hydrogen-bond acceptors (Lipinski definition) is 3. The van der Waals surface area contributed by atoms with E-state index in [1.807, 2.05) is 6.92 Å². The SMILES string of the molecule is COC(C)CNc1ccccc1OCC(F)(F)F. The number of rotatable bonds is 6. The van der Waals surface area contributed by atoms with Crippen LogP contribution in [-0.2, 0) is 4.74 Å². The highest BCUT2D eigenvalue weighted by molar-refractivity contribution is 5.56. The zero-order valence-corrected chi connectivity index (χ0v) is 10.3. The van der Waals surface area contributed by atoms with Crippen molar-refractivity contribution >= 4 is 5.69 Å². The Kier molecular flexibility index (Phi) is 5.27. The molecule has 1 aromatic carbocycles. The first-order valence-electron chi connectivity index (χ1n) is 5.47. The van der Waals surface area contributed by atoms with Gasteiger partial charge in [0, 0.05) is 13.7 Å². The van der Waals surface area contributed by atoms with Gasteiger partial charge in [0.05, 0.1) is 11.8 Å². The van der Waals surface area contributed by atoms with Gasteiger partial charge in [-0.2, -0.15) is 13.2 Å². The summed E-state index contributed by atoms with van der Waals surface area (Å²) in [6.45, 7) is 1.04. The molecule has 0 bridgehead atoms. The molecule has 0 fully saturated rings. The molecule has 0 aliphatic rings. The van der Waals surface area contributed by atoms with E-state index in [1.165, 1.54) is 6.07 Å². The summed E-state index contributed by atoms with van der Waals surface area (Å²) in [5, 5.41) is 2.98. The smallest absolute Gasteiger partial charge is 0.422 e. The molecule has 6 heteroatoms. The molecule has 0 aliphatic heterocycles. The maximum Gasteiger partial charge on any atom is 0.422 e. The molecule has 1 aromatic rings. The van der Waals surface area contributed by atoms with Crippen LogP contribution in [0.15, 0.2) is 24.3 Å². The zero-order chi connectivity index (χ0) is 13.6. The zero-order valence-electron chi connectivity index (χ0n) is 10.3. The van der Waals surface area contributed by atoms with Crippen LogP contribution in [0.3, 0.4) is 0 Å². The van der Waals surface area contributed by atoms with Gasteiger partial charge in [0.2, 0.25) is 0 Å². The number of alkyl halides is 3. The van der Waals surface area contributed by atoms with Crippen molar-refractivity contribution in [2.75, 3.05) is 25.6 Å². The van der Waals surface area contributed by atoms with E-state index in [9.17, 15) is 13.2 Å². The second kappa shape index (κ2) is 6.49. The normalized spacial score (nSPS) is 13.2. The van der Waals surface area contributed by atoms with Crippen molar-refractivity contribution in [1.82, 2.24) is 0 Å². The molecule has 0 radical (unpaired) electrons. The van der Waals surface area contributed by atoms with Crippen molar-refractivity contribution in [2.24, 2.45) is 0 Å². The quantitative estimate of drug-likeness (QED) is 0.855. The van der Waals surface area contributed by atoms with Crippen molar-refractivity contribution in [3.8, 4) is 5.75 Å². The van der Waals surface area contributed by atoms with E-state index in [0.29, 0.717) is 12.2 Å². The maximum atomic E-state index is 12.1. The summed E-state index contributed by atoms with van der Waals surface area (Å²) in [4.78, 5) is 0. The molecule has 0 saturated heterocycles. The number of halogens is 3. The second-order valence-corrected chi connectivity index (χ2v) is 3.83. The van der Waals surface area contributed by atoms with Crippen LogP contribution in [0.2, 0.25) is 0 Å². The topological polar surface area (TPSA) is 30.5 Å². The van der Waals surface area contributed by atoms with Crippen molar-refractivity contribution in [2.45, 2.75) is 19.2 Å². The average Bonchev–Trinajstić information content (AvgIpc) is 2.33. The van der Waals surface area contributed by atoms with Crippen LogP contribution in [0.5, 0.6) is 5.75 Å². The second-order valence-electron chi connectivity index (χ2n) is 3.83. The fourth-order valence-electron chi connectivity index (χ4n) is 1.24. The lowest BCUT2D eigenvalue weighted by Crippen LogP contribution is -2.21. The number of methoxy groups -OCH3 is 1. The number of anilines is 1. The van der Waals surface area contributed by atoms with Crippen molar-refractivity contribution in [3.05, 3.63) is 24.3 Å². The first kappa shape index (κ1) is 14.6. The van der Waals surface area contributed by atoms with E-state index in [2.05, 4.69) is 5.32 Å². The summed E-state index contributed by atoms with van der Waals surface area (Å²) < 4.78 is 46.0. The number of benzene rings is 1. The highest BCUT2D eigenvalue weighted by atomic mass is 19.4. The van der Waals surface area contributed by atoms with Crippen LogP contribution in [0.4, 0.5) is 18.9 Å². The largest absolute Gasteiger partial charge is 0.482 e. The van der Waals surface area contributed by atoms with E-state index in [1.54, 1.807) is 25.3 Å². The van der Waals surface area contributed by atoms with Gasteiger partial charge in [-0.05, 0) is 19.1 Å². The van der Waals surface area contributed by atoms with Gasteiger partial charge < -0.3 is 14.8 Å². The third-order valence-corrected chi connectivity index (χ3v) is 2.26. The van der Waals surface area contributed by atoms with Crippen LogP contribution >= 0.6 is 0 Å². The van der Waals surface area contributed by atoms with Crippen LogP contribution in [0.25, 0.3) is 0 Å². The highest BCUT2D eigenvalue weighted by Crippen LogP contribution is 2.26. The molecule has 0 aromatic heterocycles. The van der Waals surface area contributed by atoms with E-state index in [-0.39, 0.29) is 11.9 Å². The molecule has 0 heterocycles. The van der Waals surface area contributed by atoms with Crippen LogP contribution in [-0.4, -0.2) is 32.5 Å². The molecular formula is C12H16F3NO2. The average molecular weight is 263 g/mol. The Morgan fingerprint density at radius 3 is 2.56 bits per heavy atom. The molecule has 0 spiro atoms. The monoisotopic (exact) mass is 263 g/mol. The molecule has 1 unspecified atom stereocenters. The molecule has 0 saturated carbocycles. The number of para-hydroxylation sites is 2. The molecule has 1 atom stereocenters. The third kappa shape index (κ3) is 5.27. The van der Waals surface area contributed by atoms with Crippen molar-refractivity contribution in [3.63, 3.8) is 0 Å². The Morgan fingerprint density at radius 2 is 1.94 bits per heavy atom. The Bertz CT molecular complexity index is 369. The lowest BCUT2D eigenvalue weighted by Gasteiger charge is -2.16. The van der Waals surface area contributed by atoms with Gasteiger partial charge in [-0.1, -0.05) is 12.1 Å². The fourth-order valence-corrected chi connectivity index (χ4v) is 1.24. The molecule has 18 heavy (non-hydrogen) atoms. The summed E-state index contributed by atoms with van der Waals surface area (Å²) in [5.74, 6) is 0.179. The minimum Gasteiger partial charge on any atom is -0.482 e. The van der Waals surface area contributed by atoms with Crippen LogP contribution < -0.4 is 10.1 Å². The van der Waals surface area contributed by atoms with E-state index in [4.69, 9.17) is 9.47 Å². The predicted molar refractivity (Wildman–Crippen MR) is 63.0 cm³/mol. The summed E-state index contributed by atoms with van der Waals surface area (Å²) in [7, 11) is 1.57. The Morgan fingerprint density at radius 1 is 1.28 bits per heavy atom. The predicted octanol–water partition coefficient (Wildman–Crippen LogP) is 3.07. The van der Waals surface area contributed by atoms with E-state index >= 15 is 0 Å². The van der Waals surface area contributed by atoms with Gasteiger partial charge >= 0.3 is 6.18 Å². The van der Waals surface area contributed by atoms with Crippen molar-refractivity contribution in [1.29, 1.82) is 0 Å². The van der Waals surface area contributed by atoms with Gasteiger partial charge in [-0.3, -0.25) is 0 Å². The van der Waals surface area contributed by atoms with Gasteiger partial charge in [-0.15, -0.1) is 0 Å². The molecule has 3 nitrogen and oxygen atoms in total.